The van der Waals surface area contributed by atoms with Crippen molar-refractivity contribution >= 4 is 11.4 Å². The van der Waals surface area contributed by atoms with E-state index in [-0.39, 0.29) is 10.6 Å². The van der Waals surface area contributed by atoms with E-state index in [1.807, 2.05) is 50.2 Å². The fourth-order valence-electron chi connectivity index (χ4n) is 4.38. The molecule has 0 spiro atoms. The van der Waals surface area contributed by atoms with Crippen LogP contribution < -0.4 is 9.47 Å². The van der Waals surface area contributed by atoms with Gasteiger partial charge in [0.05, 0.1) is 24.6 Å². The van der Waals surface area contributed by atoms with Crippen molar-refractivity contribution < 1.29 is 19.0 Å². The van der Waals surface area contributed by atoms with Gasteiger partial charge in [0.15, 0.2) is 23.8 Å². The van der Waals surface area contributed by atoms with Crippen molar-refractivity contribution in [3.05, 3.63) is 99.1 Å². The highest BCUT2D eigenvalue weighted by molar-refractivity contribution is 6.01. The van der Waals surface area contributed by atoms with Crippen molar-refractivity contribution in [2.75, 3.05) is 19.8 Å². The molecular formula is C27H29N2O4+. The number of nitrogens with zero attached hydrogens (tertiary/aromatic N) is 2. The molecule has 0 aliphatic carbocycles. The van der Waals surface area contributed by atoms with Gasteiger partial charge in [0.25, 0.3) is 5.69 Å². The lowest BCUT2D eigenvalue weighted by Gasteiger charge is -2.22. The summed E-state index contributed by atoms with van der Waals surface area (Å²) in [6.45, 7) is 6.58. The zero-order valence-corrected chi connectivity index (χ0v) is 19.1. The third kappa shape index (κ3) is 5.06. The van der Waals surface area contributed by atoms with Gasteiger partial charge in [-0.25, -0.2) is 4.58 Å². The molecule has 3 aromatic rings. The van der Waals surface area contributed by atoms with Crippen molar-refractivity contribution in [1.82, 2.24) is 0 Å². The van der Waals surface area contributed by atoms with Crippen molar-refractivity contribution in [3.8, 4) is 11.5 Å². The van der Waals surface area contributed by atoms with Crippen molar-refractivity contribution in [2.24, 2.45) is 0 Å². The minimum Gasteiger partial charge on any atom is -0.490 e. The average Bonchev–Trinajstić information content (AvgIpc) is 2.82. The summed E-state index contributed by atoms with van der Waals surface area (Å²) in [4.78, 5) is 11.4. The van der Waals surface area contributed by atoms with Gasteiger partial charge in [0, 0.05) is 29.2 Å². The van der Waals surface area contributed by atoms with E-state index < -0.39 is 0 Å². The van der Waals surface area contributed by atoms with Crippen LogP contribution in [0.4, 0.5) is 5.69 Å². The minimum atomic E-state index is -0.301. The lowest BCUT2D eigenvalue weighted by atomic mass is 9.91. The maximum Gasteiger partial charge on any atom is 0.273 e. The van der Waals surface area contributed by atoms with Crippen LogP contribution in [0.25, 0.3) is 0 Å². The zero-order chi connectivity index (χ0) is 23.2. The summed E-state index contributed by atoms with van der Waals surface area (Å²) < 4.78 is 14.1. The molecular weight excluding hydrogens is 416 g/mol. The van der Waals surface area contributed by atoms with Gasteiger partial charge in [-0.1, -0.05) is 48.5 Å². The molecule has 0 radical (unpaired) electrons. The van der Waals surface area contributed by atoms with Crippen LogP contribution in [-0.4, -0.2) is 35.0 Å². The molecule has 0 saturated heterocycles. The predicted molar refractivity (Wildman–Crippen MR) is 129 cm³/mol. The zero-order valence-electron chi connectivity index (χ0n) is 19.1. The maximum atomic E-state index is 11.7. The Morgan fingerprint density at radius 2 is 1.61 bits per heavy atom. The number of rotatable bonds is 9. The van der Waals surface area contributed by atoms with Gasteiger partial charge < -0.3 is 9.47 Å². The SMILES string of the molecule is CCOc1cc2c(cc1OCC)C(Cc1ccccc1[N+](=O)[O-])=[N+](Cc1ccccc1)CC2. The first-order valence-corrected chi connectivity index (χ1v) is 11.4. The highest BCUT2D eigenvalue weighted by atomic mass is 16.6. The molecule has 0 unspecified atom stereocenters. The fourth-order valence-corrected chi connectivity index (χ4v) is 4.38. The summed E-state index contributed by atoms with van der Waals surface area (Å²) in [5, 5.41) is 11.7. The molecule has 0 aromatic heterocycles. The summed E-state index contributed by atoms with van der Waals surface area (Å²) in [6, 6.07) is 21.4. The van der Waals surface area contributed by atoms with Crippen LogP contribution >= 0.6 is 0 Å². The van der Waals surface area contributed by atoms with Crippen LogP contribution in [0.5, 0.6) is 11.5 Å². The van der Waals surface area contributed by atoms with Crippen LogP contribution in [0.1, 0.15) is 36.1 Å². The second-order valence-corrected chi connectivity index (χ2v) is 7.99. The Labute approximate surface area is 194 Å². The van der Waals surface area contributed by atoms with E-state index in [9.17, 15) is 10.1 Å². The summed E-state index contributed by atoms with van der Waals surface area (Å²) in [5.74, 6) is 1.46. The van der Waals surface area contributed by atoms with Gasteiger partial charge in [-0.3, -0.25) is 10.1 Å². The third-order valence-electron chi connectivity index (χ3n) is 5.88. The Balaban J connectivity index is 1.84. The van der Waals surface area contributed by atoms with Gasteiger partial charge >= 0.3 is 0 Å². The predicted octanol–water partition coefficient (Wildman–Crippen LogP) is 5.19. The second kappa shape index (κ2) is 10.3. The number of ether oxygens (including phenoxy) is 2. The van der Waals surface area contributed by atoms with Crippen LogP contribution in [0.2, 0.25) is 0 Å². The monoisotopic (exact) mass is 445 g/mol. The van der Waals surface area contributed by atoms with Crippen molar-refractivity contribution in [1.29, 1.82) is 0 Å². The van der Waals surface area contributed by atoms with Crippen LogP contribution in [0.3, 0.4) is 0 Å². The normalized spacial score (nSPS) is 12.9. The smallest absolute Gasteiger partial charge is 0.273 e. The van der Waals surface area contributed by atoms with Crippen LogP contribution in [0, 0.1) is 10.1 Å². The Bertz CT molecular complexity index is 1170. The van der Waals surface area contributed by atoms with E-state index in [2.05, 4.69) is 22.8 Å². The highest BCUT2D eigenvalue weighted by Crippen LogP contribution is 2.34. The van der Waals surface area contributed by atoms with E-state index in [1.165, 1.54) is 11.1 Å². The molecule has 1 aliphatic rings. The van der Waals surface area contributed by atoms with Gasteiger partial charge in [-0.15, -0.1) is 0 Å². The summed E-state index contributed by atoms with van der Waals surface area (Å²) >= 11 is 0. The Hall–Kier alpha value is -3.67. The second-order valence-electron chi connectivity index (χ2n) is 7.99. The molecule has 170 valence electrons. The van der Waals surface area contributed by atoms with Crippen molar-refractivity contribution in [3.63, 3.8) is 0 Å². The lowest BCUT2D eigenvalue weighted by molar-refractivity contribution is -0.545. The van der Waals surface area contributed by atoms with Gasteiger partial charge in [0.2, 0.25) is 0 Å². The van der Waals surface area contributed by atoms with Crippen LogP contribution in [0.15, 0.2) is 66.7 Å². The van der Waals surface area contributed by atoms with E-state index in [0.717, 1.165) is 36.5 Å². The first-order valence-electron chi connectivity index (χ1n) is 11.4. The number of fused-ring (bicyclic) bond motifs is 1. The van der Waals surface area contributed by atoms with Crippen molar-refractivity contribution in [2.45, 2.75) is 33.2 Å². The van der Waals surface area contributed by atoms with Gasteiger partial charge in [0.1, 0.15) is 6.54 Å². The third-order valence-corrected chi connectivity index (χ3v) is 5.88. The van der Waals surface area contributed by atoms with Crippen LogP contribution in [-0.2, 0) is 19.4 Å². The van der Waals surface area contributed by atoms with E-state index in [4.69, 9.17) is 9.47 Å². The van der Waals surface area contributed by atoms with E-state index >= 15 is 0 Å². The highest BCUT2D eigenvalue weighted by Gasteiger charge is 2.30. The largest absolute Gasteiger partial charge is 0.490 e. The molecule has 0 atom stereocenters. The van der Waals surface area contributed by atoms with E-state index in [1.54, 1.807) is 12.1 Å². The first kappa shape index (κ1) is 22.5. The topological polar surface area (TPSA) is 64.6 Å². The maximum absolute atomic E-state index is 11.7. The molecule has 0 amide bonds. The van der Waals surface area contributed by atoms with Gasteiger partial charge in [-0.05, 0) is 31.5 Å². The number of hydrogen-bond donors (Lipinski definition) is 0. The number of nitro groups is 1. The molecule has 0 fully saturated rings. The molecule has 4 rings (SSSR count). The summed E-state index contributed by atoms with van der Waals surface area (Å²) in [7, 11) is 0. The summed E-state index contributed by atoms with van der Waals surface area (Å²) in [5.41, 5.74) is 5.38. The Morgan fingerprint density at radius 1 is 0.939 bits per heavy atom. The molecule has 1 heterocycles. The molecule has 1 aliphatic heterocycles. The minimum absolute atomic E-state index is 0.146. The standard InChI is InChI=1S/C27H29N2O4/c1-3-32-26-17-21-14-15-28(19-20-10-6-5-7-11-20)25(23(21)18-27(26)33-4-2)16-22-12-8-9-13-24(22)29(30)31/h5-13,17-18H,3-4,14-16,19H2,1-2H3/q+1. The molecule has 6 nitrogen and oxygen atoms in total. The molecule has 3 aromatic carbocycles. The number of benzene rings is 3. The number of hydrogen-bond acceptors (Lipinski definition) is 4. The fraction of sp³-hybridized carbons (Fsp3) is 0.296. The van der Waals surface area contributed by atoms with Gasteiger partial charge in [-0.2, -0.15) is 0 Å². The molecule has 33 heavy (non-hydrogen) atoms. The quantitative estimate of drug-likeness (QED) is 0.258. The molecule has 0 bridgehead atoms. The molecule has 0 N–H and O–H groups in total. The molecule has 6 heteroatoms. The number of nitro benzene ring substituents is 1. The Morgan fingerprint density at radius 3 is 2.30 bits per heavy atom. The summed E-state index contributed by atoms with van der Waals surface area (Å²) in [6.07, 6.45) is 1.34. The average molecular weight is 446 g/mol. The first-order chi connectivity index (χ1) is 16.1. The van der Waals surface area contributed by atoms with E-state index in [0.29, 0.717) is 30.9 Å². The number of para-hydroxylation sites is 1. The molecule has 0 saturated carbocycles. The Kier molecular flexibility index (Phi) is 7.03. The lowest BCUT2D eigenvalue weighted by Crippen LogP contribution is -2.31.